The second kappa shape index (κ2) is 10.5. The van der Waals surface area contributed by atoms with Crippen LogP contribution in [-0.2, 0) is 21.4 Å². The van der Waals surface area contributed by atoms with Crippen molar-refractivity contribution in [2.45, 2.75) is 38.5 Å². The number of methoxy groups -OCH3 is 2. The summed E-state index contributed by atoms with van der Waals surface area (Å²) in [4.78, 5) is 12.7. The van der Waals surface area contributed by atoms with Gasteiger partial charge in [-0.15, -0.1) is 0 Å². The van der Waals surface area contributed by atoms with Gasteiger partial charge in [-0.05, 0) is 43.7 Å². The van der Waals surface area contributed by atoms with Crippen LogP contribution in [0.15, 0.2) is 18.2 Å². The molecule has 3 rings (SSSR count). The summed E-state index contributed by atoms with van der Waals surface area (Å²) in [6.07, 6.45) is 4.94. The Labute approximate surface area is 179 Å². The minimum Gasteiger partial charge on any atom is -0.497 e. The Balaban J connectivity index is 1.53. The topological polar surface area (TPSA) is 88.2 Å². The molecule has 0 spiro atoms. The van der Waals surface area contributed by atoms with E-state index in [1.54, 1.807) is 18.5 Å². The molecular weight excluding hydrogens is 406 g/mol. The van der Waals surface area contributed by atoms with E-state index in [0.29, 0.717) is 45.4 Å². The second-order valence-corrected chi connectivity index (χ2v) is 9.81. The monoisotopic (exact) mass is 439 g/mol. The third-order valence-corrected chi connectivity index (χ3v) is 7.91. The maximum Gasteiger partial charge on any atom is 0.281 e. The lowest BCUT2D eigenvalue weighted by atomic mass is 9.98. The molecule has 2 heterocycles. The van der Waals surface area contributed by atoms with Crippen LogP contribution in [0.3, 0.4) is 0 Å². The maximum atomic E-state index is 12.9. The van der Waals surface area contributed by atoms with E-state index < -0.39 is 10.2 Å². The van der Waals surface area contributed by atoms with Crippen LogP contribution in [-0.4, -0.2) is 69.9 Å². The minimum atomic E-state index is -3.47. The number of piperidine rings is 2. The molecule has 0 saturated carbocycles. The molecule has 168 valence electrons. The van der Waals surface area contributed by atoms with Gasteiger partial charge in [-0.3, -0.25) is 4.79 Å². The summed E-state index contributed by atoms with van der Waals surface area (Å²) in [5.74, 6) is 1.05. The summed E-state index contributed by atoms with van der Waals surface area (Å²) < 4.78 is 39.5. The average molecular weight is 440 g/mol. The van der Waals surface area contributed by atoms with Crippen LogP contribution >= 0.6 is 0 Å². The quantitative estimate of drug-likeness (QED) is 0.667. The second-order valence-electron chi connectivity index (χ2n) is 7.88. The van der Waals surface area contributed by atoms with Gasteiger partial charge in [0.1, 0.15) is 11.5 Å². The van der Waals surface area contributed by atoms with Crippen LogP contribution in [0, 0.1) is 5.92 Å². The molecule has 8 nitrogen and oxygen atoms in total. The molecule has 30 heavy (non-hydrogen) atoms. The smallest absolute Gasteiger partial charge is 0.281 e. The van der Waals surface area contributed by atoms with Gasteiger partial charge in [0.25, 0.3) is 10.2 Å². The first-order valence-corrected chi connectivity index (χ1v) is 12.1. The van der Waals surface area contributed by atoms with Crippen molar-refractivity contribution in [1.29, 1.82) is 0 Å². The fourth-order valence-electron chi connectivity index (χ4n) is 4.15. The molecular formula is C21H33N3O5S. The summed E-state index contributed by atoms with van der Waals surface area (Å²) in [7, 11) is -0.260. The summed E-state index contributed by atoms with van der Waals surface area (Å²) in [5, 5.41) is 2.97. The number of hydrogen-bond acceptors (Lipinski definition) is 5. The summed E-state index contributed by atoms with van der Waals surface area (Å²) in [5.41, 5.74) is 0.983. The molecule has 2 aliphatic heterocycles. The van der Waals surface area contributed by atoms with E-state index in [9.17, 15) is 13.2 Å². The third-order valence-electron chi connectivity index (χ3n) is 5.91. The van der Waals surface area contributed by atoms with Crippen molar-refractivity contribution < 1.29 is 22.7 Å². The average Bonchev–Trinajstić information content (AvgIpc) is 2.79. The standard InChI is InChI=1S/C21H33N3O5S/c1-28-19-9-8-17(20(15-19)29-2)10-11-22-21(25)18-7-6-14-24(16-18)30(26,27)23-12-4-3-5-13-23/h8-9,15,18H,3-7,10-14,16H2,1-2H3,(H,22,25). The van der Waals surface area contributed by atoms with Crippen LogP contribution in [0.25, 0.3) is 0 Å². The Morgan fingerprint density at radius 1 is 1.07 bits per heavy atom. The number of nitrogens with one attached hydrogen (secondary N) is 1. The highest BCUT2D eigenvalue weighted by Gasteiger charge is 2.36. The van der Waals surface area contributed by atoms with Crippen LogP contribution in [0.2, 0.25) is 0 Å². The van der Waals surface area contributed by atoms with Gasteiger partial charge >= 0.3 is 0 Å². The van der Waals surface area contributed by atoms with Gasteiger partial charge in [0.05, 0.1) is 20.1 Å². The number of benzene rings is 1. The maximum absolute atomic E-state index is 12.9. The molecule has 2 fully saturated rings. The molecule has 9 heteroatoms. The van der Waals surface area contributed by atoms with Gasteiger partial charge in [0.2, 0.25) is 5.91 Å². The summed E-state index contributed by atoms with van der Waals surface area (Å²) in [6.45, 7) is 2.39. The lowest BCUT2D eigenvalue weighted by molar-refractivity contribution is -0.126. The summed E-state index contributed by atoms with van der Waals surface area (Å²) in [6, 6.07) is 5.61. The van der Waals surface area contributed by atoms with Gasteiger partial charge in [0, 0.05) is 38.8 Å². The molecule has 0 aliphatic carbocycles. The van der Waals surface area contributed by atoms with Gasteiger partial charge in [-0.1, -0.05) is 12.5 Å². The lowest BCUT2D eigenvalue weighted by Gasteiger charge is -2.36. The molecule has 1 N–H and O–H groups in total. The highest BCUT2D eigenvalue weighted by Crippen LogP contribution is 2.25. The first-order chi connectivity index (χ1) is 14.5. The van der Waals surface area contributed by atoms with Crippen molar-refractivity contribution in [1.82, 2.24) is 13.9 Å². The summed E-state index contributed by atoms with van der Waals surface area (Å²) >= 11 is 0. The van der Waals surface area contributed by atoms with Gasteiger partial charge < -0.3 is 14.8 Å². The van der Waals surface area contributed by atoms with Crippen molar-refractivity contribution in [3.05, 3.63) is 23.8 Å². The predicted molar refractivity (Wildman–Crippen MR) is 115 cm³/mol. The van der Waals surface area contributed by atoms with E-state index in [2.05, 4.69) is 5.32 Å². The Bertz CT molecular complexity index is 824. The Kier molecular flexibility index (Phi) is 7.96. The number of amides is 1. The number of carbonyl (C=O) groups is 1. The van der Waals surface area contributed by atoms with E-state index in [1.807, 2.05) is 18.2 Å². The molecule has 1 unspecified atom stereocenters. The zero-order valence-electron chi connectivity index (χ0n) is 17.9. The van der Waals surface area contributed by atoms with Crippen LogP contribution in [0.1, 0.15) is 37.7 Å². The van der Waals surface area contributed by atoms with Crippen LogP contribution < -0.4 is 14.8 Å². The number of rotatable bonds is 8. The zero-order chi connectivity index (χ0) is 21.6. The van der Waals surface area contributed by atoms with E-state index in [0.717, 1.165) is 36.3 Å². The molecule has 0 aromatic heterocycles. The predicted octanol–water partition coefficient (Wildman–Crippen LogP) is 1.81. The molecule has 1 amide bonds. The molecule has 1 aromatic carbocycles. The van der Waals surface area contributed by atoms with Crippen molar-refractivity contribution >= 4 is 16.1 Å². The molecule has 1 atom stereocenters. The molecule has 0 radical (unpaired) electrons. The SMILES string of the molecule is COc1ccc(CCNC(=O)C2CCCN(S(=O)(=O)N3CCCCC3)C2)c(OC)c1. The number of ether oxygens (including phenoxy) is 2. The Morgan fingerprint density at radius 3 is 2.50 bits per heavy atom. The van der Waals surface area contributed by atoms with Crippen molar-refractivity contribution in [3.8, 4) is 11.5 Å². The minimum absolute atomic E-state index is 0.0824. The molecule has 1 aromatic rings. The van der Waals surface area contributed by atoms with E-state index in [-0.39, 0.29) is 18.4 Å². The van der Waals surface area contributed by atoms with Gasteiger partial charge in [-0.2, -0.15) is 17.0 Å². The fraction of sp³-hybridized carbons (Fsp3) is 0.667. The largest absolute Gasteiger partial charge is 0.497 e. The molecule has 0 bridgehead atoms. The normalized spacial score (nSPS) is 21.2. The zero-order valence-corrected chi connectivity index (χ0v) is 18.7. The van der Waals surface area contributed by atoms with E-state index in [1.165, 1.54) is 4.31 Å². The fourth-order valence-corrected chi connectivity index (χ4v) is 5.92. The van der Waals surface area contributed by atoms with E-state index in [4.69, 9.17) is 9.47 Å². The number of hydrogen-bond donors (Lipinski definition) is 1. The first kappa shape index (κ1) is 22.8. The lowest BCUT2D eigenvalue weighted by Crippen LogP contribution is -2.51. The van der Waals surface area contributed by atoms with Crippen molar-refractivity contribution in [3.63, 3.8) is 0 Å². The third kappa shape index (κ3) is 5.44. The highest BCUT2D eigenvalue weighted by molar-refractivity contribution is 7.86. The number of carbonyl (C=O) groups excluding carboxylic acids is 1. The van der Waals surface area contributed by atoms with Crippen LogP contribution in [0.5, 0.6) is 11.5 Å². The highest BCUT2D eigenvalue weighted by atomic mass is 32.2. The van der Waals surface area contributed by atoms with Crippen LogP contribution in [0.4, 0.5) is 0 Å². The molecule has 2 aliphatic rings. The van der Waals surface area contributed by atoms with Gasteiger partial charge in [0.15, 0.2) is 0 Å². The molecule has 2 saturated heterocycles. The first-order valence-electron chi connectivity index (χ1n) is 10.7. The van der Waals surface area contributed by atoms with E-state index >= 15 is 0 Å². The van der Waals surface area contributed by atoms with Gasteiger partial charge in [-0.25, -0.2) is 0 Å². The van der Waals surface area contributed by atoms with Crippen molar-refractivity contribution in [2.75, 3.05) is 46.9 Å². The Morgan fingerprint density at radius 2 is 1.80 bits per heavy atom. The Hall–Kier alpha value is -1.84. The van der Waals surface area contributed by atoms with Crippen molar-refractivity contribution in [2.24, 2.45) is 5.92 Å². The number of nitrogens with zero attached hydrogens (tertiary/aromatic N) is 2.